The standard InChI is InChI=1S/C18H20N2O/c1-13-6-5-9-15(10-13)20-18(21)12-19-17-11-16(17)14-7-3-2-4-8-14/h2-10,16-17,19H,11-12H2,1H3,(H,20,21). The zero-order valence-corrected chi connectivity index (χ0v) is 12.2. The molecule has 0 heterocycles. The number of nitrogens with one attached hydrogen (secondary N) is 2. The molecule has 1 saturated carbocycles. The summed E-state index contributed by atoms with van der Waals surface area (Å²) in [6.45, 7) is 2.38. The van der Waals surface area contributed by atoms with E-state index in [-0.39, 0.29) is 5.91 Å². The summed E-state index contributed by atoms with van der Waals surface area (Å²) in [6, 6.07) is 18.7. The van der Waals surface area contributed by atoms with E-state index in [2.05, 4.69) is 34.9 Å². The van der Waals surface area contributed by atoms with Crippen LogP contribution >= 0.6 is 0 Å². The summed E-state index contributed by atoms with van der Waals surface area (Å²) in [5.74, 6) is 0.567. The molecule has 0 radical (unpaired) electrons. The minimum absolute atomic E-state index is 0.0133. The van der Waals surface area contributed by atoms with Crippen LogP contribution in [0, 0.1) is 6.92 Å². The third-order valence-corrected chi connectivity index (χ3v) is 3.84. The highest BCUT2D eigenvalue weighted by Crippen LogP contribution is 2.40. The molecule has 1 fully saturated rings. The number of benzene rings is 2. The highest BCUT2D eigenvalue weighted by Gasteiger charge is 2.37. The van der Waals surface area contributed by atoms with Gasteiger partial charge in [0, 0.05) is 17.6 Å². The summed E-state index contributed by atoms with van der Waals surface area (Å²) in [4.78, 5) is 11.9. The van der Waals surface area contributed by atoms with E-state index in [0.717, 1.165) is 17.7 Å². The predicted octanol–water partition coefficient (Wildman–Crippen LogP) is 3.08. The van der Waals surface area contributed by atoms with E-state index in [9.17, 15) is 4.79 Å². The molecule has 108 valence electrons. The first-order valence-electron chi connectivity index (χ1n) is 7.37. The van der Waals surface area contributed by atoms with Crippen molar-refractivity contribution in [1.29, 1.82) is 0 Å². The normalized spacial score (nSPS) is 20.0. The van der Waals surface area contributed by atoms with Crippen LogP contribution in [0.3, 0.4) is 0 Å². The predicted molar refractivity (Wildman–Crippen MR) is 85.4 cm³/mol. The van der Waals surface area contributed by atoms with Gasteiger partial charge in [-0.05, 0) is 36.6 Å². The van der Waals surface area contributed by atoms with Gasteiger partial charge in [-0.3, -0.25) is 4.79 Å². The van der Waals surface area contributed by atoms with Crippen molar-refractivity contribution < 1.29 is 4.79 Å². The van der Waals surface area contributed by atoms with Gasteiger partial charge in [0.25, 0.3) is 0 Å². The monoisotopic (exact) mass is 280 g/mol. The lowest BCUT2D eigenvalue weighted by Gasteiger charge is -2.07. The number of hydrogen-bond acceptors (Lipinski definition) is 2. The molecule has 2 unspecified atom stereocenters. The van der Waals surface area contributed by atoms with Gasteiger partial charge in [0.05, 0.1) is 6.54 Å². The number of anilines is 1. The Labute approximate surface area is 125 Å². The number of amides is 1. The Balaban J connectivity index is 1.45. The van der Waals surface area contributed by atoms with Gasteiger partial charge in [0.2, 0.25) is 5.91 Å². The Morgan fingerprint density at radius 2 is 1.95 bits per heavy atom. The fourth-order valence-corrected chi connectivity index (χ4v) is 2.64. The van der Waals surface area contributed by atoms with Gasteiger partial charge in [0.15, 0.2) is 0 Å². The van der Waals surface area contributed by atoms with Gasteiger partial charge in [-0.15, -0.1) is 0 Å². The molecule has 2 N–H and O–H groups in total. The molecule has 2 atom stereocenters. The van der Waals surface area contributed by atoms with Crippen molar-refractivity contribution in [2.45, 2.75) is 25.3 Å². The van der Waals surface area contributed by atoms with Crippen molar-refractivity contribution in [3.8, 4) is 0 Å². The molecule has 1 aliphatic carbocycles. The molecule has 2 aromatic carbocycles. The van der Waals surface area contributed by atoms with Crippen molar-refractivity contribution in [3.05, 3.63) is 65.7 Å². The molecule has 21 heavy (non-hydrogen) atoms. The highest BCUT2D eigenvalue weighted by atomic mass is 16.1. The van der Waals surface area contributed by atoms with E-state index in [1.54, 1.807) is 0 Å². The van der Waals surface area contributed by atoms with Crippen LogP contribution in [-0.4, -0.2) is 18.5 Å². The summed E-state index contributed by atoms with van der Waals surface area (Å²) in [5, 5.41) is 6.25. The highest BCUT2D eigenvalue weighted by molar-refractivity contribution is 5.92. The first kappa shape index (κ1) is 13.8. The molecule has 0 spiro atoms. The third kappa shape index (κ3) is 3.70. The molecule has 0 aromatic heterocycles. The lowest BCUT2D eigenvalue weighted by atomic mass is 10.1. The van der Waals surface area contributed by atoms with Crippen LogP contribution < -0.4 is 10.6 Å². The van der Waals surface area contributed by atoms with E-state index >= 15 is 0 Å². The topological polar surface area (TPSA) is 41.1 Å². The van der Waals surface area contributed by atoms with E-state index in [0.29, 0.717) is 18.5 Å². The Hall–Kier alpha value is -2.13. The van der Waals surface area contributed by atoms with Crippen molar-refractivity contribution >= 4 is 11.6 Å². The first-order valence-corrected chi connectivity index (χ1v) is 7.37. The molecular formula is C18H20N2O. The van der Waals surface area contributed by atoms with Crippen molar-refractivity contribution in [3.63, 3.8) is 0 Å². The van der Waals surface area contributed by atoms with Crippen LogP contribution in [0.15, 0.2) is 54.6 Å². The van der Waals surface area contributed by atoms with Crippen LogP contribution in [-0.2, 0) is 4.79 Å². The smallest absolute Gasteiger partial charge is 0.238 e. The molecule has 3 heteroatoms. The van der Waals surface area contributed by atoms with Crippen molar-refractivity contribution in [2.75, 3.05) is 11.9 Å². The SMILES string of the molecule is Cc1cccc(NC(=O)CNC2CC2c2ccccc2)c1. The molecule has 2 aromatic rings. The maximum Gasteiger partial charge on any atom is 0.238 e. The number of aryl methyl sites for hydroxylation is 1. The van der Waals surface area contributed by atoms with Gasteiger partial charge < -0.3 is 10.6 Å². The molecule has 0 aliphatic heterocycles. The van der Waals surface area contributed by atoms with E-state index in [1.807, 2.05) is 37.3 Å². The molecule has 1 aliphatic rings. The summed E-state index contributed by atoms with van der Waals surface area (Å²) in [7, 11) is 0. The summed E-state index contributed by atoms with van der Waals surface area (Å²) >= 11 is 0. The van der Waals surface area contributed by atoms with Crippen LogP contribution in [0.2, 0.25) is 0 Å². The fraction of sp³-hybridized carbons (Fsp3) is 0.278. The zero-order chi connectivity index (χ0) is 14.7. The molecular weight excluding hydrogens is 260 g/mol. The quantitative estimate of drug-likeness (QED) is 0.883. The maximum absolute atomic E-state index is 11.9. The van der Waals surface area contributed by atoms with Crippen LogP contribution in [0.25, 0.3) is 0 Å². The minimum Gasteiger partial charge on any atom is -0.325 e. The summed E-state index contributed by atoms with van der Waals surface area (Å²) in [5.41, 5.74) is 3.36. The summed E-state index contributed by atoms with van der Waals surface area (Å²) < 4.78 is 0. The molecule has 3 rings (SSSR count). The lowest BCUT2D eigenvalue weighted by molar-refractivity contribution is -0.115. The molecule has 1 amide bonds. The first-order chi connectivity index (χ1) is 10.2. The minimum atomic E-state index is 0.0133. The molecule has 0 saturated heterocycles. The van der Waals surface area contributed by atoms with Crippen molar-refractivity contribution in [2.24, 2.45) is 0 Å². The van der Waals surface area contributed by atoms with E-state index < -0.39 is 0 Å². The fourth-order valence-electron chi connectivity index (χ4n) is 2.64. The second-order valence-electron chi connectivity index (χ2n) is 5.66. The van der Waals surface area contributed by atoms with Gasteiger partial charge in [-0.25, -0.2) is 0 Å². The van der Waals surface area contributed by atoms with Crippen LogP contribution in [0.1, 0.15) is 23.5 Å². The second-order valence-corrected chi connectivity index (χ2v) is 5.66. The second kappa shape index (κ2) is 6.10. The Morgan fingerprint density at radius 3 is 2.71 bits per heavy atom. The number of carbonyl (C=O) groups is 1. The average molecular weight is 280 g/mol. The number of carbonyl (C=O) groups excluding carboxylic acids is 1. The third-order valence-electron chi connectivity index (χ3n) is 3.84. The molecule has 0 bridgehead atoms. The van der Waals surface area contributed by atoms with Crippen LogP contribution in [0.5, 0.6) is 0 Å². The zero-order valence-electron chi connectivity index (χ0n) is 12.2. The van der Waals surface area contributed by atoms with E-state index in [1.165, 1.54) is 5.56 Å². The van der Waals surface area contributed by atoms with Gasteiger partial charge in [-0.2, -0.15) is 0 Å². The van der Waals surface area contributed by atoms with Gasteiger partial charge >= 0.3 is 0 Å². The van der Waals surface area contributed by atoms with E-state index in [4.69, 9.17) is 0 Å². The Morgan fingerprint density at radius 1 is 1.14 bits per heavy atom. The van der Waals surface area contributed by atoms with Crippen molar-refractivity contribution in [1.82, 2.24) is 5.32 Å². The number of hydrogen-bond donors (Lipinski definition) is 2. The van der Waals surface area contributed by atoms with Crippen LogP contribution in [0.4, 0.5) is 5.69 Å². The molecule has 3 nitrogen and oxygen atoms in total. The Bertz CT molecular complexity index is 624. The number of rotatable bonds is 5. The average Bonchev–Trinajstić information content (AvgIpc) is 3.26. The Kier molecular flexibility index (Phi) is 4.02. The lowest BCUT2D eigenvalue weighted by Crippen LogP contribution is -2.30. The van der Waals surface area contributed by atoms with Gasteiger partial charge in [-0.1, -0.05) is 42.5 Å². The maximum atomic E-state index is 11.9. The summed E-state index contributed by atoms with van der Waals surface area (Å²) in [6.07, 6.45) is 1.11. The largest absolute Gasteiger partial charge is 0.325 e. The van der Waals surface area contributed by atoms with Gasteiger partial charge in [0.1, 0.15) is 0 Å².